The van der Waals surface area contributed by atoms with Crippen molar-refractivity contribution in [2.75, 3.05) is 25.5 Å². The number of anilines is 2. The number of carbonyl (C=O) groups is 1. The fraction of sp³-hybridized carbons (Fsp3) is 0.259. The van der Waals surface area contributed by atoms with Crippen LogP contribution < -0.4 is 14.8 Å². The number of aliphatic hydroxyl groups excluding tert-OH is 1. The number of hydrogen-bond acceptors (Lipinski definition) is 8. The minimum atomic E-state index is -0.536. The highest BCUT2D eigenvalue weighted by Crippen LogP contribution is 2.33. The molecule has 9 heteroatoms. The minimum Gasteiger partial charge on any atom is -0.488 e. The van der Waals surface area contributed by atoms with Gasteiger partial charge < -0.3 is 24.8 Å². The summed E-state index contributed by atoms with van der Waals surface area (Å²) in [7, 11) is 1.63. The van der Waals surface area contributed by atoms with E-state index in [0.29, 0.717) is 24.7 Å². The Balaban J connectivity index is 1.52. The molecule has 0 aliphatic rings. The van der Waals surface area contributed by atoms with Crippen molar-refractivity contribution in [3.8, 4) is 11.5 Å². The third kappa shape index (κ3) is 6.05. The summed E-state index contributed by atoms with van der Waals surface area (Å²) >= 11 is 0. The molecule has 0 aliphatic heterocycles. The second-order valence-electron chi connectivity index (χ2n) is 8.45. The van der Waals surface area contributed by atoms with Crippen molar-refractivity contribution in [2.24, 2.45) is 0 Å². The lowest BCUT2D eigenvalue weighted by atomic mass is 10.1. The standard InChI is InChI=1S/C27H29N5O4/c1-18-13-20(10-11-23(18)35-16-21-7-4-5-12-28-21)31-27-26-22(29-17-30-27)8-6-9-24(26)36-19(2)14-32(3)25(34)15-33/h4-13,17,19,33H,14-16H2,1-3H3,(H,29,30,31)/t19-/m1/s1. The summed E-state index contributed by atoms with van der Waals surface area (Å²) in [4.78, 5) is 26.3. The quantitative estimate of drug-likeness (QED) is 0.347. The Labute approximate surface area is 209 Å². The van der Waals surface area contributed by atoms with Gasteiger partial charge in [0.2, 0.25) is 5.91 Å². The normalized spacial score (nSPS) is 11.7. The van der Waals surface area contributed by atoms with E-state index in [1.807, 2.05) is 68.4 Å². The van der Waals surface area contributed by atoms with Gasteiger partial charge in [-0.05, 0) is 61.9 Å². The molecule has 0 spiro atoms. The Hall–Kier alpha value is -4.24. The fourth-order valence-electron chi connectivity index (χ4n) is 3.79. The largest absolute Gasteiger partial charge is 0.488 e. The molecule has 1 atom stereocenters. The van der Waals surface area contributed by atoms with E-state index >= 15 is 0 Å². The molecule has 0 fully saturated rings. The van der Waals surface area contributed by atoms with Crippen LogP contribution in [0.15, 0.2) is 67.1 Å². The second kappa shape index (κ2) is 11.5. The number of aliphatic hydroxyl groups is 1. The van der Waals surface area contributed by atoms with Crippen molar-refractivity contribution in [3.63, 3.8) is 0 Å². The van der Waals surface area contributed by atoms with Gasteiger partial charge in [-0.3, -0.25) is 9.78 Å². The molecule has 36 heavy (non-hydrogen) atoms. The number of carbonyl (C=O) groups excluding carboxylic acids is 1. The van der Waals surface area contributed by atoms with Crippen molar-refractivity contribution in [3.05, 3.63) is 78.4 Å². The number of rotatable bonds is 10. The van der Waals surface area contributed by atoms with Crippen molar-refractivity contribution in [2.45, 2.75) is 26.6 Å². The summed E-state index contributed by atoms with van der Waals surface area (Å²) in [6, 6.07) is 17.2. The van der Waals surface area contributed by atoms with E-state index in [1.54, 1.807) is 13.2 Å². The highest BCUT2D eigenvalue weighted by atomic mass is 16.5. The Morgan fingerprint density at radius 2 is 1.94 bits per heavy atom. The maximum absolute atomic E-state index is 11.7. The summed E-state index contributed by atoms with van der Waals surface area (Å²) in [6.45, 7) is 4.03. The zero-order valence-corrected chi connectivity index (χ0v) is 20.5. The lowest BCUT2D eigenvalue weighted by Crippen LogP contribution is -2.37. The van der Waals surface area contributed by atoms with Crippen LogP contribution in [0.3, 0.4) is 0 Å². The van der Waals surface area contributed by atoms with Crippen molar-refractivity contribution in [1.29, 1.82) is 0 Å². The lowest BCUT2D eigenvalue weighted by molar-refractivity contribution is -0.133. The van der Waals surface area contributed by atoms with Gasteiger partial charge in [0.25, 0.3) is 0 Å². The summed E-state index contributed by atoms with van der Waals surface area (Å²) in [6.07, 6.45) is 2.93. The van der Waals surface area contributed by atoms with Crippen molar-refractivity contribution >= 4 is 28.3 Å². The number of aryl methyl sites for hydroxylation is 1. The van der Waals surface area contributed by atoms with Crippen LogP contribution in [-0.2, 0) is 11.4 Å². The highest BCUT2D eigenvalue weighted by molar-refractivity contribution is 5.95. The van der Waals surface area contributed by atoms with Gasteiger partial charge in [-0.25, -0.2) is 9.97 Å². The van der Waals surface area contributed by atoms with Gasteiger partial charge in [0, 0.05) is 18.9 Å². The SMILES string of the molecule is Cc1cc(Nc2ncnc3cccc(O[C@H](C)CN(C)C(=O)CO)c23)ccc1OCc1ccccn1. The maximum atomic E-state index is 11.7. The van der Waals surface area contributed by atoms with Gasteiger partial charge in [0.15, 0.2) is 0 Å². The summed E-state index contributed by atoms with van der Waals surface area (Å²) in [5.74, 6) is 1.61. The van der Waals surface area contributed by atoms with E-state index < -0.39 is 6.61 Å². The molecule has 0 saturated carbocycles. The van der Waals surface area contributed by atoms with Crippen LogP contribution in [0.25, 0.3) is 10.9 Å². The van der Waals surface area contributed by atoms with Gasteiger partial charge >= 0.3 is 0 Å². The molecule has 0 aliphatic carbocycles. The van der Waals surface area contributed by atoms with Crippen molar-refractivity contribution < 1.29 is 19.4 Å². The first-order valence-electron chi connectivity index (χ1n) is 11.6. The molecule has 2 heterocycles. The molecule has 0 unspecified atom stereocenters. The van der Waals surface area contributed by atoms with Crippen molar-refractivity contribution in [1.82, 2.24) is 19.9 Å². The summed E-state index contributed by atoms with van der Waals surface area (Å²) < 4.78 is 12.1. The zero-order valence-electron chi connectivity index (χ0n) is 20.5. The number of ether oxygens (including phenoxy) is 2. The number of amides is 1. The Bertz CT molecular complexity index is 1330. The van der Waals surface area contributed by atoms with Crippen LogP contribution in [0.4, 0.5) is 11.5 Å². The first-order chi connectivity index (χ1) is 17.4. The number of nitrogens with one attached hydrogen (secondary N) is 1. The first kappa shape index (κ1) is 24.9. The smallest absolute Gasteiger partial charge is 0.248 e. The molecule has 4 rings (SSSR count). The highest BCUT2D eigenvalue weighted by Gasteiger charge is 2.16. The molecular formula is C27H29N5O4. The molecular weight excluding hydrogens is 458 g/mol. The van der Waals surface area contributed by atoms with E-state index in [2.05, 4.69) is 20.3 Å². The molecule has 0 radical (unpaired) electrons. The zero-order chi connectivity index (χ0) is 25.5. The minimum absolute atomic E-state index is 0.318. The average molecular weight is 488 g/mol. The second-order valence-corrected chi connectivity index (χ2v) is 8.45. The molecule has 1 amide bonds. The monoisotopic (exact) mass is 487 g/mol. The van der Waals surface area contributed by atoms with Crippen LogP contribution in [0.1, 0.15) is 18.2 Å². The van der Waals surface area contributed by atoms with E-state index in [0.717, 1.165) is 33.6 Å². The number of likely N-dealkylation sites (N-methyl/N-ethyl adjacent to an activating group) is 1. The molecule has 9 nitrogen and oxygen atoms in total. The molecule has 2 aromatic carbocycles. The summed E-state index contributed by atoms with van der Waals surface area (Å²) in [5, 5.41) is 13.2. The fourth-order valence-corrected chi connectivity index (χ4v) is 3.79. The van der Waals surface area contributed by atoms with Gasteiger partial charge in [0.05, 0.1) is 23.1 Å². The number of pyridine rings is 1. The average Bonchev–Trinajstić information content (AvgIpc) is 2.88. The molecule has 2 aromatic heterocycles. The van der Waals surface area contributed by atoms with Gasteiger partial charge in [-0.15, -0.1) is 0 Å². The van der Waals surface area contributed by atoms with E-state index in [1.165, 1.54) is 11.2 Å². The number of fused-ring (bicyclic) bond motifs is 1. The lowest BCUT2D eigenvalue weighted by Gasteiger charge is -2.23. The first-order valence-corrected chi connectivity index (χ1v) is 11.6. The Morgan fingerprint density at radius 1 is 1.08 bits per heavy atom. The molecule has 2 N–H and O–H groups in total. The van der Waals surface area contributed by atoms with Gasteiger partial charge in [-0.2, -0.15) is 0 Å². The molecule has 186 valence electrons. The van der Waals surface area contributed by atoms with Crippen LogP contribution in [-0.4, -0.2) is 57.2 Å². The predicted octanol–water partition coefficient (Wildman–Crippen LogP) is 3.87. The van der Waals surface area contributed by atoms with Crippen LogP contribution in [0.5, 0.6) is 11.5 Å². The number of hydrogen-bond donors (Lipinski definition) is 2. The third-order valence-electron chi connectivity index (χ3n) is 5.58. The maximum Gasteiger partial charge on any atom is 0.248 e. The van der Waals surface area contributed by atoms with E-state index in [-0.39, 0.29) is 12.0 Å². The molecule has 0 saturated heterocycles. The van der Waals surface area contributed by atoms with E-state index in [4.69, 9.17) is 14.6 Å². The number of benzene rings is 2. The summed E-state index contributed by atoms with van der Waals surface area (Å²) in [5.41, 5.74) is 3.40. The predicted molar refractivity (Wildman–Crippen MR) is 137 cm³/mol. The topological polar surface area (TPSA) is 110 Å². The van der Waals surface area contributed by atoms with Crippen LogP contribution in [0, 0.1) is 6.92 Å². The molecule has 4 aromatic rings. The number of nitrogens with zero attached hydrogens (tertiary/aromatic N) is 4. The van der Waals surface area contributed by atoms with Gasteiger partial charge in [0.1, 0.15) is 43.0 Å². The van der Waals surface area contributed by atoms with E-state index in [9.17, 15) is 4.79 Å². The Morgan fingerprint density at radius 3 is 2.69 bits per heavy atom. The Kier molecular flexibility index (Phi) is 7.92. The van der Waals surface area contributed by atoms with Gasteiger partial charge in [-0.1, -0.05) is 12.1 Å². The number of aromatic nitrogens is 3. The van der Waals surface area contributed by atoms with Crippen LogP contribution in [0.2, 0.25) is 0 Å². The third-order valence-corrected chi connectivity index (χ3v) is 5.58. The molecule has 0 bridgehead atoms. The van der Waals surface area contributed by atoms with Crippen LogP contribution >= 0.6 is 0 Å².